The maximum Gasteiger partial charge on any atom is 0.354 e. The van der Waals surface area contributed by atoms with Crippen LogP contribution in [0.2, 0.25) is 0 Å². The predicted octanol–water partition coefficient (Wildman–Crippen LogP) is 5.02. The average molecular weight is 507 g/mol. The quantitative estimate of drug-likeness (QED) is 0.342. The van der Waals surface area contributed by atoms with Crippen molar-refractivity contribution in [1.82, 2.24) is 4.57 Å². The number of aromatic hydroxyl groups is 1. The monoisotopic (exact) mass is 507 g/mol. The van der Waals surface area contributed by atoms with Crippen LogP contribution in [-0.2, 0) is 6.54 Å². The lowest BCUT2D eigenvalue weighted by molar-refractivity contribution is 0.174. The van der Waals surface area contributed by atoms with Crippen molar-refractivity contribution in [3.8, 4) is 17.2 Å². The van der Waals surface area contributed by atoms with Crippen LogP contribution in [0.4, 0.5) is 8.78 Å². The summed E-state index contributed by atoms with van der Waals surface area (Å²) in [5.74, 6) is -0.623. The number of hydrogen-bond donors (Lipinski definition) is 1. The van der Waals surface area contributed by atoms with Crippen LogP contribution in [0.15, 0.2) is 84.5 Å². The zero-order chi connectivity index (χ0) is 25.0. The van der Waals surface area contributed by atoms with Gasteiger partial charge in [0.2, 0.25) is 6.79 Å². The van der Waals surface area contributed by atoms with Crippen LogP contribution in [0, 0.1) is 11.6 Å². The molecular formula is C26H15F2NO6S. The lowest BCUT2D eigenvalue weighted by Crippen LogP contribution is -2.23. The fourth-order valence-corrected chi connectivity index (χ4v) is 4.95. The molecule has 180 valence electrons. The van der Waals surface area contributed by atoms with Crippen molar-refractivity contribution < 1.29 is 27.8 Å². The summed E-state index contributed by atoms with van der Waals surface area (Å²) in [7, 11) is 0. The Morgan fingerprint density at radius 1 is 0.917 bits per heavy atom. The Morgan fingerprint density at radius 2 is 1.56 bits per heavy atom. The zero-order valence-corrected chi connectivity index (χ0v) is 19.1. The lowest BCUT2D eigenvalue weighted by atomic mass is 10.1. The molecule has 0 saturated heterocycles. The predicted molar refractivity (Wildman–Crippen MR) is 128 cm³/mol. The van der Waals surface area contributed by atoms with Gasteiger partial charge < -0.3 is 23.6 Å². The number of benzene rings is 3. The third-order valence-corrected chi connectivity index (χ3v) is 6.90. The summed E-state index contributed by atoms with van der Waals surface area (Å²) in [6.07, 6.45) is 0. The van der Waals surface area contributed by atoms with E-state index in [4.69, 9.17) is 13.9 Å². The van der Waals surface area contributed by atoms with Crippen LogP contribution >= 0.6 is 11.8 Å². The number of ether oxygens (including phenoxy) is 2. The van der Waals surface area contributed by atoms with E-state index in [9.17, 15) is 23.5 Å². The third kappa shape index (κ3) is 3.66. The smallest absolute Gasteiger partial charge is 0.354 e. The first kappa shape index (κ1) is 22.2. The Kier molecular flexibility index (Phi) is 5.18. The SMILES string of the molecule is O=c1oc2c(c(O)c1Sc1ccc(F)cc1)c(=O)n(Cc1ccc(F)cc1)c1cc3c(cc21)OCO3. The summed E-state index contributed by atoms with van der Waals surface area (Å²) in [4.78, 5) is 26.9. The maximum absolute atomic E-state index is 13.7. The number of hydrogen-bond acceptors (Lipinski definition) is 7. The van der Waals surface area contributed by atoms with Crippen LogP contribution in [-0.4, -0.2) is 16.5 Å². The highest BCUT2D eigenvalue weighted by Gasteiger charge is 2.25. The molecule has 7 nitrogen and oxygen atoms in total. The maximum atomic E-state index is 13.7. The fourth-order valence-electron chi connectivity index (χ4n) is 4.12. The summed E-state index contributed by atoms with van der Waals surface area (Å²) in [5.41, 5.74) is -0.571. The number of pyridine rings is 1. The van der Waals surface area contributed by atoms with E-state index in [-0.39, 0.29) is 29.2 Å². The molecule has 3 heterocycles. The molecular weight excluding hydrogens is 492 g/mol. The molecule has 0 bridgehead atoms. The first-order valence-electron chi connectivity index (χ1n) is 10.7. The second-order valence-corrected chi connectivity index (χ2v) is 9.15. The summed E-state index contributed by atoms with van der Waals surface area (Å²) in [5, 5.41) is 11.3. The summed E-state index contributed by atoms with van der Waals surface area (Å²) in [6, 6.07) is 14.2. The first-order chi connectivity index (χ1) is 17.4. The largest absolute Gasteiger partial charge is 0.505 e. The molecule has 3 aromatic carbocycles. The van der Waals surface area contributed by atoms with E-state index in [1.165, 1.54) is 41.0 Å². The van der Waals surface area contributed by atoms with E-state index < -0.39 is 28.6 Å². The average Bonchev–Trinajstić information content (AvgIpc) is 3.33. The molecule has 0 aliphatic carbocycles. The van der Waals surface area contributed by atoms with Gasteiger partial charge in [-0.05, 0) is 48.0 Å². The Morgan fingerprint density at radius 3 is 2.25 bits per heavy atom. The molecule has 36 heavy (non-hydrogen) atoms. The molecule has 0 spiro atoms. The van der Waals surface area contributed by atoms with Crippen molar-refractivity contribution in [2.24, 2.45) is 0 Å². The molecule has 0 radical (unpaired) electrons. The normalized spacial score (nSPS) is 12.5. The van der Waals surface area contributed by atoms with E-state index >= 15 is 0 Å². The van der Waals surface area contributed by atoms with E-state index in [0.29, 0.717) is 32.9 Å². The van der Waals surface area contributed by atoms with Crippen molar-refractivity contribution in [1.29, 1.82) is 0 Å². The van der Waals surface area contributed by atoms with E-state index in [1.807, 2.05) is 0 Å². The van der Waals surface area contributed by atoms with E-state index in [2.05, 4.69) is 0 Å². The molecule has 0 fully saturated rings. The van der Waals surface area contributed by atoms with Gasteiger partial charge in [0.15, 0.2) is 22.8 Å². The minimum atomic E-state index is -0.857. The standard InChI is InChI=1S/C26H15F2NO6S/c27-14-3-1-13(2-4-14)11-29-18-10-20-19(33-12-34-20)9-17(18)23-21(25(29)31)22(30)24(26(32)35-23)36-16-7-5-15(28)6-8-16/h1-10,30H,11-12H2. The van der Waals surface area contributed by atoms with E-state index in [0.717, 1.165) is 11.8 Å². The summed E-state index contributed by atoms with van der Waals surface area (Å²) >= 11 is 0.853. The second kappa shape index (κ2) is 8.42. The van der Waals surface area contributed by atoms with Gasteiger partial charge >= 0.3 is 5.63 Å². The molecule has 10 heteroatoms. The van der Waals surface area contributed by atoms with Gasteiger partial charge in [0.05, 0.1) is 12.1 Å². The summed E-state index contributed by atoms with van der Waals surface area (Å²) < 4.78 is 44.7. The fraction of sp³-hybridized carbons (Fsp3) is 0.0769. The van der Waals surface area contributed by atoms with Crippen molar-refractivity contribution in [2.75, 3.05) is 6.79 Å². The molecule has 6 rings (SSSR count). The number of rotatable bonds is 4. The van der Waals surface area contributed by atoms with Gasteiger partial charge in [-0.15, -0.1) is 0 Å². The second-order valence-electron chi connectivity index (χ2n) is 8.07. The van der Waals surface area contributed by atoms with Crippen LogP contribution in [0.1, 0.15) is 5.56 Å². The molecule has 2 aromatic heterocycles. The van der Waals surface area contributed by atoms with Gasteiger partial charge in [-0.1, -0.05) is 23.9 Å². The molecule has 0 unspecified atom stereocenters. The van der Waals surface area contributed by atoms with Gasteiger partial charge in [-0.3, -0.25) is 4.79 Å². The summed E-state index contributed by atoms with van der Waals surface area (Å²) in [6.45, 7) is 0.0314. The van der Waals surface area contributed by atoms with Gasteiger partial charge in [0, 0.05) is 16.3 Å². The molecule has 1 aliphatic heterocycles. The molecule has 1 N–H and O–H groups in total. The van der Waals surface area contributed by atoms with Gasteiger partial charge in [0.25, 0.3) is 5.56 Å². The topological polar surface area (TPSA) is 90.9 Å². The van der Waals surface area contributed by atoms with Gasteiger partial charge in [-0.25, -0.2) is 13.6 Å². The third-order valence-electron chi connectivity index (χ3n) is 5.83. The lowest BCUT2D eigenvalue weighted by Gasteiger charge is -2.15. The highest BCUT2D eigenvalue weighted by molar-refractivity contribution is 7.99. The minimum absolute atomic E-state index is 0.0144. The Hall–Kier alpha value is -4.31. The number of nitrogens with zero attached hydrogens (tertiary/aromatic N) is 1. The molecule has 0 amide bonds. The molecule has 0 saturated carbocycles. The Labute approximate surface area is 205 Å². The first-order valence-corrected chi connectivity index (χ1v) is 11.5. The molecule has 1 aliphatic rings. The molecule has 5 aromatic rings. The van der Waals surface area contributed by atoms with Crippen LogP contribution in [0.5, 0.6) is 17.2 Å². The number of fused-ring (bicyclic) bond motifs is 4. The minimum Gasteiger partial charge on any atom is -0.505 e. The Bertz CT molecular complexity index is 1780. The number of aromatic nitrogens is 1. The van der Waals surface area contributed by atoms with Crippen molar-refractivity contribution >= 4 is 33.6 Å². The van der Waals surface area contributed by atoms with Crippen LogP contribution < -0.4 is 20.7 Å². The van der Waals surface area contributed by atoms with Gasteiger partial charge in [-0.2, -0.15) is 0 Å². The van der Waals surface area contributed by atoms with Crippen molar-refractivity contribution in [3.63, 3.8) is 0 Å². The van der Waals surface area contributed by atoms with Crippen molar-refractivity contribution in [2.45, 2.75) is 16.3 Å². The van der Waals surface area contributed by atoms with Crippen LogP contribution in [0.3, 0.4) is 0 Å². The highest BCUT2D eigenvalue weighted by Crippen LogP contribution is 2.41. The Balaban J connectivity index is 1.63. The molecule has 0 atom stereocenters. The number of halogens is 2. The van der Waals surface area contributed by atoms with Crippen molar-refractivity contribution in [3.05, 3.63) is 98.6 Å². The van der Waals surface area contributed by atoms with E-state index in [1.54, 1.807) is 24.3 Å². The highest BCUT2D eigenvalue weighted by atomic mass is 32.2. The van der Waals surface area contributed by atoms with Crippen LogP contribution in [0.25, 0.3) is 21.9 Å². The van der Waals surface area contributed by atoms with Gasteiger partial charge in [0.1, 0.15) is 21.9 Å². The zero-order valence-electron chi connectivity index (χ0n) is 18.3.